The molecule has 0 saturated heterocycles. The Balaban J connectivity index is 2.29. The minimum atomic E-state index is -3.90. The van der Waals surface area contributed by atoms with Gasteiger partial charge < -0.3 is 10.3 Å². The van der Waals surface area contributed by atoms with Crippen LogP contribution in [0.5, 0.6) is 0 Å². The normalized spacial score (nSPS) is 11.7. The quantitative estimate of drug-likeness (QED) is 0.795. The van der Waals surface area contributed by atoms with Gasteiger partial charge in [-0.05, 0) is 19.1 Å². The summed E-state index contributed by atoms with van der Waals surface area (Å²) in [5.74, 6) is -0.509. The van der Waals surface area contributed by atoms with E-state index in [1.165, 1.54) is 13.0 Å². The molecule has 0 saturated carbocycles. The molecule has 1 aromatic heterocycles. The molecule has 0 unspecified atom stereocenters. The average molecular weight is 286 g/mol. The van der Waals surface area contributed by atoms with Crippen LogP contribution in [0.2, 0.25) is 0 Å². The molecule has 0 spiro atoms. The number of nitrogens with zero attached hydrogens (tertiary/aromatic N) is 2. The number of nitrogens with two attached hydrogens (primary N) is 1. The number of rotatable bonds is 4. The smallest absolute Gasteiger partial charge is 0.241 e. The highest BCUT2D eigenvalue weighted by molar-refractivity contribution is 7.89. The SMILES string of the molecule is Cc1c(F)cc(N)cc1S(=O)(=O)NCc1ncon1. The Morgan fingerprint density at radius 3 is 2.84 bits per heavy atom. The predicted octanol–water partition coefficient (Wildman–Crippen LogP) is 0.578. The maximum absolute atomic E-state index is 13.5. The lowest BCUT2D eigenvalue weighted by Gasteiger charge is -2.09. The van der Waals surface area contributed by atoms with E-state index in [0.29, 0.717) is 0 Å². The highest BCUT2D eigenvalue weighted by atomic mass is 32.2. The van der Waals surface area contributed by atoms with Gasteiger partial charge in [0.15, 0.2) is 5.82 Å². The van der Waals surface area contributed by atoms with Crippen LogP contribution in [-0.4, -0.2) is 18.6 Å². The molecule has 0 fully saturated rings. The molecule has 1 heterocycles. The molecular formula is C10H11FN4O3S. The van der Waals surface area contributed by atoms with Crippen molar-refractivity contribution in [1.82, 2.24) is 14.9 Å². The van der Waals surface area contributed by atoms with Gasteiger partial charge in [0.25, 0.3) is 0 Å². The van der Waals surface area contributed by atoms with Gasteiger partial charge in [-0.25, -0.2) is 17.5 Å². The molecule has 0 aliphatic rings. The van der Waals surface area contributed by atoms with Crippen molar-refractivity contribution in [3.8, 4) is 0 Å². The molecule has 0 atom stereocenters. The summed E-state index contributed by atoms with van der Waals surface area (Å²) in [6.45, 7) is 1.20. The Labute approximate surface area is 108 Å². The first-order valence-corrected chi connectivity index (χ1v) is 6.69. The number of hydrogen-bond donors (Lipinski definition) is 2. The van der Waals surface area contributed by atoms with Crippen molar-refractivity contribution in [2.75, 3.05) is 5.73 Å². The van der Waals surface area contributed by atoms with Crippen LogP contribution in [0, 0.1) is 12.7 Å². The molecule has 0 aliphatic carbocycles. The Morgan fingerprint density at radius 2 is 2.21 bits per heavy atom. The summed E-state index contributed by atoms with van der Waals surface area (Å²) in [6.07, 6.45) is 1.08. The zero-order valence-electron chi connectivity index (χ0n) is 9.92. The van der Waals surface area contributed by atoms with Crippen molar-refractivity contribution < 1.29 is 17.3 Å². The van der Waals surface area contributed by atoms with E-state index in [1.807, 2.05) is 0 Å². The molecular weight excluding hydrogens is 275 g/mol. The van der Waals surface area contributed by atoms with Crippen LogP contribution in [0.25, 0.3) is 0 Å². The highest BCUT2D eigenvalue weighted by Gasteiger charge is 2.20. The van der Waals surface area contributed by atoms with Gasteiger partial charge in [-0.15, -0.1) is 0 Å². The van der Waals surface area contributed by atoms with E-state index in [9.17, 15) is 12.8 Å². The molecule has 1 aromatic carbocycles. The maximum atomic E-state index is 13.5. The third-order valence-electron chi connectivity index (χ3n) is 2.44. The van der Waals surface area contributed by atoms with Gasteiger partial charge in [0.05, 0.1) is 11.4 Å². The second kappa shape index (κ2) is 4.94. The molecule has 3 N–H and O–H groups in total. The Hall–Kier alpha value is -2.00. The minimum absolute atomic E-state index is 0.00480. The van der Waals surface area contributed by atoms with E-state index in [1.54, 1.807) is 0 Å². The number of benzene rings is 1. The fourth-order valence-electron chi connectivity index (χ4n) is 1.46. The van der Waals surface area contributed by atoms with Gasteiger partial charge in [-0.1, -0.05) is 5.16 Å². The van der Waals surface area contributed by atoms with Gasteiger partial charge in [0.2, 0.25) is 16.4 Å². The number of anilines is 1. The van der Waals surface area contributed by atoms with Crippen LogP contribution in [-0.2, 0) is 16.6 Å². The van der Waals surface area contributed by atoms with E-state index in [2.05, 4.69) is 19.4 Å². The fraction of sp³-hybridized carbons (Fsp3) is 0.200. The van der Waals surface area contributed by atoms with Crippen molar-refractivity contribution in [2.45, 2.75) is 18.4 Å². The van der Waals surface area contributed by atoms with Crippen LogP contribution < -0.4 is 10.5 Å². The first-order valence-electron chi connectivity index (χ1n) is 5.20. The monoisotopic (exact) mass is 286 g/mol. The van der Waals surface area contributed by atoms with E-state index in [-0.39, 0.29) is 28.5 Å². The van der Waals surface area contributed by atoms with E-state index in [0.717, 1.165) is 12.5 Å². The molecule has 19 heavy (non-hydrogen) atoms. The number of aromatic nitrogens is 2. The van der Waals surface area contributed by atoms with Crippen molar-refractivity contribution in [3.05, 3.63) is 35.7 Å². The fourth-order valence-corrected chi connectivity index (χ4v) is 2.73. The molecule has 0 radical (unpaired) electrons. The number of nitrogens with one attached hydrogen (secondary N) is 1. The summed E-state index contributed by atoms with van der Waals surface area (Å²) in [4.78, 5) is 3.45. The van der Waals surface area contributed by atoms with Crippen LogP contribution in [0.15, 0.2) is 27.9 Å². The van der Waals surface area contributed by atoms with Crippen LogP contribution in [0.4, 0.5) is 10.1 Å². The van der Waals surface area contributed by atoms with Crippen LogP contribution >= 0.6 is 0 Å². The summed E-state index contributed by atoms with van der Waals surface area (Å²) in [5.41, 5.74) is 5.47. The summed E-state index contributed by atoms with van der Waals surface area (Å²) < 4.78 is 44.2. The minimum Gasteiger partial charge on any atom is -0.399 e. The zero-order valence-corrected chi connectivity index (χ0v) is 10.7. The van der Waals surface area contributed by atoms with Gasteiger partial charge in [0, 0.05) is 11.3 Å². The van der Waals surface area contributed by atoms with Gasteiger partial charge >= 0.3 is 0 Å². The lowest BCUT2D eigenvalue weighted by Crippen LogP contribution is -2.25. The van der Waals surface area contributed by atoms with Gasteiger partial charge in [0.1, 0.15) is 5.82 Å². The molecule has 7 nitrogen and oxygen atoms in total. The summed E-state index contributed by atoms with van der Waals surface area (Å²) in [6, 6.07) is 2.25. The van der Waals surface area contributed by atoms with Crippen LogP contribution in [0.1, 0.15) is 11.4 Å². The third kappa shape index (κ3) is 2.88. The lowest BCUT2D eigenvalue weighted by atomic mass is 10.2. The molecule has 0 aliphatic heterocycles. The summed E-state index contributed by atoms with van der Waals surface area (Å²) >= 11 is 0. The van der Waals surface area contributed by atoms with Crippen molar-refractivity contribution in [2.24, 2.45) is 0 Å². The standard InChI is InChI=1S/C10H11FN4O3S/c1-6-8(11)2-7(12)3-9(6)19(16,17)14-4-10-13-5-18-15-10/h2-3,5,14H,4,12H2,1H3. The first kappa shape index (κ1) is 13.4. The lowest BCUT2D eigenvalue weighted by molar-refractivity contribution is 0.409. The Bertz CT molecular complexity index is 685. The number of halogens is 1. The second-order valence-corrected chi connectivity index (χ2v) is 5.53. The summed E-state index contributed by atoms with van der Waals surface area (Å²) in [7, 11) is -3.90. The highest BCUT2D eigenvalue weighted by Crippen LogP contribution is 2.21. The molecule has 0 amide bonds. The van der Waals surface area contributed by atoms with E-state index in [4.69, 9.17) is 5.73 Å². The van der Waals surface area contributed by atoms with Crippen molar-refractivity contribution in [3.63, 3.8) is 0 Å². The molecule has 102 valence electrons. The molecule has 2 rings (SSSR count). The maximum Gasteiger partial charge on any atom is 0.241 e. The third-order valence-corrected chi connectivity index (χ3v) is 3.96. The topological polar surface area (TPSA) is 111 Å². The van der Waals surface area contributed by atoms with Crippen molar-refractivity contribution >= 4 is 15.7 Å². The number of nitrogen functional groups attached to an aromatic ring is 1. The second-order valence-electron chi connectivity index (χ2n) is 3.80. The van der Waals surface area contributed by atoms with Crippen molar-refractivity contribution in [1.29, 1.82) is 0 Å². The van der Waals surface area contributed by atoms with Gasteiger partial charge in [-0.3, -0.25) is 0 Å². The molecule has 2 aromatic rings. The Morgan fingerprint density at radius 1 is 1.47 bits per heavy atom. The van der Waals surface area contributed by atoms with Crippen LogP contribution in [0.3, 0.4) is 0 Å². The zero-order chi connectivity index (χ0) is 14.0. The number of sulfonamides is 1. The van der Waals surface area contributed by atoms with E-state index >= 15 is 0 Å². The predicted molar refractivity (Wildman–Crippen MR) is 63.9 cm³/mol. The Kier molecular flexibility index (Phi) is 3.49. The van der Waals surface area contributed by atoms with Gasteiger partial charge in [-0.2, -0.15) is 4.98 Å². The first-order chi connectivity index (χ1) is 8.90. The largest absolute Gasteiger partial charge is 0.399 e. The summed E-state index contributed by atoms with van der Waals surface area (Å²) in [5, 5.41) is 3.46. The van der Waals surface area contributed by atoms with E-state index < -0.39 is 15.8 Å². The average Bonchev–Trinajstić information content (AvgIpc) is 2.84. The molecule has 9 heteroatoms. The molecule has 0 bridgehead atoms. The number of hydrogen-bond acceptors (Lipinski definition) is 6.